The van der Waals surface area contributed by atoms with Gasteiger partial charge < -0.3 is 5.32 Å². The molecule has 132 valence electrons. The molecular formula is C19H21Br2N3O. The summed E-state index contributed by atoms with van der Waals surface area (Å²) in [4.78, 5) is 11.9. The summed E-state index contributed by atoms with van der Waals surface area (Å²) in [6.07, 6.45) is 1.73. The van der Waals surface area contributed by atoms with Crippen LogP contribution in [0.4, 0.5) is 5.69 Å². The Labute approximate surface area is 165 Å². The normalized spacial score (nSPS) is 11.3. The molecule has 0 saturated heterocycles. The summed E-state index contributed by atoms with van der Waals surface area (Å²) in [5.74, 6) is -0.174. The van der Waals surface area contributed by atoms with E-state index in [1.165, 1.54) is 5.56 Å². The maximum atomic E-state index is 11.9. The highest BCUT2D eigenvalue weighted by Gasteiger charge is 2.05. The van der Waals surface area contributed by atoms with Crippen molar-refractivity contribution in [2.24, 2.45) is 5.10 Å². The SMILES string of the molecule is C/C(CCc1ccccc1)=N\NC(=O)CNc1cc(Br)c(C)c(Br)c1. The van der Waals surface area contributed by atoms with Crippen molar-refractivity contribution in [3.63, 3.8) is 0 Å². The zero-order chi connectivity index (χ0) is 18.2. The molecule has 2 aromatic rings. The first-order valence-electron chi connectivity index (χ1n) is 8.01. The van der Waals surface area contributed by atoms with Gasteiger partial charge in [-0.1, -0.05) is 62.2 Å². The quantitative estimate of drug-likeness (QED) is 0.442. The Bertz CT molecular complexity index is 738. The lowest BCUT2D eigenvalue weighted by Crippen LogP contribution is -2.26. The first-order valence-corrected chi connectivity index (χ1v) is 9.59. The molecular weight excluding hydrogens is 446 g/mol. The Morgan fingerprint density at radius 3 is 2.40 bits per heavy atom. The monoisotopic (exact) mass is 465 g/mol. The number of carbonyl (C=O) groups excluding carboxylic acids is 1. The summed E-state index contributed by atoms with van der Waals surface area (Å²) in [6.45, 7) is 4.10. The molecule has 0 atom stereocenters. The van der Waals surface area contributed by atoms with Gasteiger partial charge in [0, 0.05) is 20.3 Å². The third kappa shape index (κ3) is 6.63. The number of anilines is 1. The van der Waals surface area contributed by atoms with Gasteiger partial charge >= 0.3 is 0 Å². The third-order valence-electron chi connectivity index (χ3n) is 3.72. The largest absolute Gasteiger partial charge is 0.376 e. The van der Waals surface area contributed by atoms with Crippen molar-refractivity contribution in [1.82, 2.24) is 5.43 Å². The van der Waals surface area contributed by atoms with Crippen molar-refractivity contribution in [3.05, 3.63) is 62.5 Å². The molecule has 6 heteroatoms. The van der Waals surface area contributed by atoms with Crippen LogP contribution in [0.25, 0.3) is 0 Å². The van der Waals surface area contributed by atoms with Crippen LogP contribution in [-0.4, -0.2) is 18.2 Å². The van der Waals surface area contributed by atoms with E-state index in [2.05, 4.69) is 59.8 Å². The van der Waals surface area contributed by atoms with Gasteiger partial charge in [-0.25, -0.2) is 5.43 Å². The molecule has 0 saturated carbocycles. The summed E-state index contributed by atoms with van der Waals surface area (Å²) < 4.78 is 1.97. The summed E-state index contributed by atoms with van der Waals surface area (Å²) in [5.41, 5.74) is 6.74. The molecule has 0 bridgehead atoms. The first-order chi connectivity index (χ1) is 12.0. The molecule has 4 nitrogen and oxygen atoms in total. The number of nitrogens with zero attached hydrogens (tertiary/aromatic N) is 1. The molecule has 0 unspecified atom stereocenters. The van der Waals surface area contributed by atoms with Gasteiger partial charge in [-0.2, -0.15) is 5.10 Å². The second-order valence-corrected chi connectivity index (χ2v) is 7.49. The van der Waals surface area contributed by atoms with E-state index in [1.54, 1.807) is 0 Å². The van der Waals surface area contributed by atoms with Crippen molar-refractivity contribution in [2.45, 2.75) is 26.7 Å². The first kappa shape index (κ1) is 19.7. The minimum absolute atomic E-state index is 0.164. The molecule has 0 radical (unpaired) electrons. The van der Waals surface area contributed by atoms with Crippen molar-refractivity contribution >= 4 is 49.2 Å². The summed E-state index contributed by atoms with van der Waals surface area (Å²) in [5, 5.41) is 7.25. The highest BCUT2D eigenvalue weighted by Crippen LogP contribution is 2.28. The number of amides is 1. The van der Waals surface area contributed by atoms with E-state index in [-0.39, 0.29) is 12.5 Å². The molecule has 0 heterocycles. The van der Waals surface area contributed by atoms with E-state index in [0.29, 0.717) is 0 Å². The molecule has 0 aromatic heterocycles. The van der Waals surface area contributed by atoms with Gasteiger partial charge in [-0.3, -0.25) is 4.79 Å². The highest BCUT2D eigenvalue weighted by molar-refractivity contribution is 9.11. The predicted molar refractivity (Wildman–Crippen MR) is 111 cm³/mol. The fourth-order valence-corrected chi connectivity index (χ4v) is 3.34. The minimum Gasteiger partial charge on any atom is -0.376 e. The van der Waals surface area contributed by atoms with E-state index >= 15 is 0 Å². The van der Waals surface area contributed by atoms with Crippen molar-refractivity contribution < 1.29 is 4.79 Å². The fourth-order valence-electron chi connectivity index (χ4n) is 2.15. The highest BCUT2D eigenvalue weighted by atomic mass is 79.9. The number of nitrogens with one attached hydrogen (secondary N) is 2. The number of aryl methyl sites for hydroxylation is 1. The van der Waals surface area contributed by atoms with E-state index < -0.39 is 0 Å². The van der Waals surface area contributed by atoms with E-state index in [1.807, 2.05) is 44.2 Å². The van der Waals surface area contributed by atoms with Crippen LogP contribution in [0.5, 0.6) is 0 Å². The smallest absolute Gasteiger partial charge is 0.259 e. The zero-order valence-electron chi connectivity index (χ0n) is 14.3. The third-order valence-corrected chi connectivity index (χ3v) is 5.37. The maximum absolute atomic E-state index is 11.9. The van der Waals surface area contributed by atoms with Gasteiger partial charge in [0.05, 0.1) is 6.54 Å². The summed E-state index contributed by atoms with van der Waals surface area (Å²) in [6, 6.07) is 14.1. The zero-order valence-corrected chi connectivity index (χ0v) is 17.4. The van der Waals surface area contributed by atoms with E-state index in [9.17, 15) is 4.79 Å². The molecule has 2 aromatic carbocycles. The average molecular weight is 467 g/mol. The lowest BCUT2D eigenvalue weighted by atomic mass is 10.1. The second-order valence-electron chi connectivity index (χ2n) is 5.79. The number of hydrogen-bond donors (Lipinski definition) is 2. The Hall–Kier alpha value is -1.66. The van der Waals surface area contributed by atoms with Crippen LogP contribution in [0, 0.1) is 6.92 Å². The Kier molecular flexibility index (Phi) is 7.65. The fraction of sp³-hybridized carbons (Fsp3) is 0.263. The number of benzene rings is 2. The van der Waals surface area contributed by atoms with E-state index in [0.717, 1.165) is 38.7 Å². The van der Waals surface area contributed by atoms with Crippen LogP contribution < -0.4 is 10.7 Å². The van der Waals surface area contributed by atoms with Crippen LogP contribution in [0.15, 0.2) is 56.5 Å². The number of halogens is 2. The van der Waals surface area contributed by atoms with Crippen molar-refractivity contribution in [3.8, 4) is 0 Å². The molecule has 0 fully saturated rings. The molecule has 1 amide bonds. The number of rotatable bonds is 7. The Morgan fingerprint density at radius 2 is 1.76 bits per heavy atom. The average Bonchev–Trinajstić information content (AvgIpc) is 2.61. The lowest BCUT2D eigenvalue weighted by molar-refractivity contribution is -0.119. The number of carbonyl (C=O) groups is 1. The standard InChI is InChI=1S/C19H21Br2N3O/c1-13(8-9-15-6-4-3-5-7-15)23-24-19(25)12-22-16-10-17(20)14(2)18(21)11-16/h3-7,10-11,22H,8-9,12H2,1-2H3,(H,24,25)/b23-13+. The van der Waals surface area contributed by atoms with Gasteiger partial charge in [-0.15, -0.1) is 0 Å². The maximum Gasteiger partial charge on any atom is 0.259 e. The number of hydrazone groups is 1. The topological polar surface area (TPSA) is 53.5 Å². The lowest BCUT2D eigenvalue weighted by Gasteiger charge is -2.09. The molecule has 0 aliphatic heterocycles. The molecule has 0 aliphatic rings. The predicted octanol–water partition coefficient (Wildman–Crippen LogP) is 5.06. The van der Waals surface area contributed by atoms with Gasteiger partial charge in [0.15, 0.2) is 0 Å². The summed E-state index contributed by atoms with van der Waals surface area (Å²) in [7, 11) is 0. The van der Waals surface area contributed by atoms with Crippen molar-refractivity contribution in [2.75, 3.05) is 11.9 Å². The number of hydrogen-bond acceptors (Lipinski definition) is 3. The molecule has 25 heavy (non-hydrogen) atoms. The van der Waals surface area contributed by atoms with Crippen LogP contribution in [0.3, 0.4) is 0 Å². The molecule has 0 spiro atoms. The Balaban J connectivity index is 1.78. The van der Waals surface area contributed by atoms with Gasteiger partial charge in [0.25, 0.3) is 5.91 Å². The van der Waals surface area contributed by atoms with Gasteiger partial charge in [0.1, 0.15) is 0 Å². The van der Waals surface area contributed by atoms with Crippen molar-refractivity contribution in [1.29, 1.82) is 0 Å². The summed E-state index contributed by atoms with van der Waals surface area (Å²) >= 11 is 7.00. The van der Waals surface area contributed by atoms with Gasteiger partial charge in [-0.05, 0) is 49.9 Å². The van der Waals surface area contributed by atoms with Gasteiger partial charge in [0.2, 0.25) is 0 Å². The Morgan fingerprint density at radius 1 is 1.12 bits per heavy atom. The molecule has 2 rings (SSSR count). The molecule has 2 N–H and O–H groups in total. The minimum atomic E-state index is -0.174. The van der Waals surface area contributed by atoms with Crippen LogP contribution in [0.2, 0.25) is 0 Å². The molecule has 0 aliphatic carbocycles. The van der Waals surface area contributed by atoms with Crippen LogP contribution in [0.1, 0.15) is 24.5 Å². The van der Waals surface area contributed by atoms with Crippen LogP contribution >= 0.6 is 31.9 Å². The van der Waals surface area contributed by atoms with E-state index in [4.69, 9.17) is 0 Å². The van der Waals surface area contributed by atoms with Crippen LogP contribution in [-0.2, 0) is 11.2 Å². The second kappa shape index (κ2) is 9.73.